The van der Waals surface area contributed by atoms with Gasteiger partial charge in [-0.15, -0.1) is 5.10 Å². The lowest BCUT2D eigenvalue weighted by Gasteiger charge is -2.11. The zero-order valence-corrected chi connectivity index (χ0v) is 15.0. The molecule has 0 aliphatic rings. The lowest BCUT2D eigenvalue weighted by Crippen LogP contribution is -2.19. The zero-order chi connectivity index (χ0) is 17.9. The number of amides is 2. The van der Waals surface area contributed by atoms with Gasteiger partial charge in [0.25, 0.3) is 0 Å². The summed E-state index contributed by atoms with van der Waals surface area (Å²) in [7, 11) is 0. The number of halogens is 1. The number of aromatic amines is 1. The minimum absolute atomic E-state index is 0.351. The number of rotatable bonds is 3. The van der Waals surface area contributed by atoms with Crippen LogP contribution < -0.4 is 10.6 Å². The van der Waals surface area contributed by atoms with Crippen molar-refractivity contribution in [2.24, 2.45) is 0 Å². The van der Waals surface area contributed by atoms with Gasteiger partial charge in [-0.25, -0.2) is 9.89 Å². The molecule has 4 rings (SSSR count). The number of fused-ring (bicyclic) bond motifs is 1. The Morgan fingerprint density at radius 2 is 1.81 bits per heavy atom. The van der Waals surface area contributed by atoms with E-state index in [2.05, 4.69) is 47.2 Å². The molecule has 1 aromatic heterocycles. The number of tetrazole rings is 1. The van der Waals surface area contributed by atoms with E-state index < -0.39 is 0 Å². The quantitative estimate of drug-likeness (QED) is 0.467. The summed E-state index contributed by atoms with van der Waals surface area (Å²) < 4.78 is 0.851. The fourth-order valence-corrected chi connectivity index (χ4v) is 3.01. The summed E-state index contributed by atoms with van der Waals surface area (Å²) in [5, 5.41) is 21.6. The van der Waals surface area contributed by atoms with Gasteiger partial charge in [0, 0.05) is 15.7 Å². The average molecular weight is 409 g/mol. The lowest BCUT2D eigenvalue weighted by atomic mass is 10.1. The first-order valence-corrected chi connectivity index (χ1v) is 8.59. The number of carbonyl (C=O) groups excluding carboxylic acids is 1. The number of nitrogens with one attached hydrogen (secondary N) is 3. The van der Waals surface area contributed by atoms with Crippen LogP contribution in [0.4, 0.5) is 16.2 Å². The van der Waals surface area contributed by atoms with Crippen molar-refractivity contribution in [2.45, 2.75) is 0 Å². The van der Waals surface area contributed by atoms with E-state index in [0.29, 0.717) is 22.8 Å². The number of benzene rings is 3. The fraction of sp³-hybridized carbons (Fsp3) is 0. The zero-order valence-electron chi connectivity index (χ0n) is 13.4. The highest BCUT2D eigenvalue weighted by molar-refractivity contribution is 9.10. The van der Waals surface area contributed by atoms with Crippen LogP contribution in [0.5, 0.6) is 0 Å². The third kappa shape index (κ3) is 3.40. The maximum absolute atomic E-state index is 12.4. The Morgan fingerprint density at radius 1 is 0.962 bits per heavy atom. The number of nitrogens with zero attached hydrogens (tertiary/aromatic N) is 3. The lowest BCUT2D eigenvalue weighted by molar-refractivity contribution is 0.262. The molecule has 0 atom stereocenters. The highest BCUT2D eigenvalue weighted by Gasteiger charge is 2.12. The van der Waals surface area contributed by atoms with Gasteiger partial charge in [0.1, 0.15) is 0 Å². The molecule has 26 heavy (non-hydrogen) atoms. The van der Waals surface area contributed by atoms with Crippen LogP contribution in [0, 0.1) is 0 Å². The average Bonchev–Trinajstić information content (AvgIpc) is 3.17. The van der Waals surface area contributed by atoms with E-state index in [4.69, 9.17) is 0 Å². The second-order valence-corrected chi connectivity index (χ2v) is 6.50. The molecule has 0 aliphatic heterocycles. The van der Waals surface area contributed by atoms with Gasteiger partial charge in [-0.05, 0) is 51.5 Å². The summed E-state index contributed by atoms with van der Waals surface area (Å²) in [4.78, 5) is 12.4. The monoisotopic (exact) mass is 408 g/mol. The molecule has 0 bridgehead atoms. The van der Waals surface area contributed by atoms with Crippen LogP contribution in [0.15, 0.2) is 65.1 Å². The molecule has 0 spiro atoms. The molecule has 0 fully saturated rings. The Bertz CT molecular complexity index is 1080. The van der Waals surface area contributed by atoms with Crippen LogP contribution in [0.2, 0.25) is 0 Å². The Balaban J connectivity index is 1.56. The Kier molecular flexibility index (Phi) is 4.32. The molecule has 2 amide bonds. The van der Waals surface area contributed by atoms with Gasteiger partial charge in [-0.3, -0.25) is 0 Å². The maximum Gasteiger partial charge on any atom is 0.323 e. The molecule has 0 aliphatic carbocycles. The van der Waals surface area contributed by atoms with Gasteiger partial charge < -0.3 is 10.6 Å². The molecule has 0 saturated heterocycles. The van der Waals surface area contributed by atoms with Gasteiger partial charge in [-0.2, -0.15) is 0 Å². The molecule has 1 heterocycles. The van der Waals surface area contributed by atoms with E-state index in [1.165, 1.54) is 0 Å². The summed E-state index contributed by atoms with van der Waals surface area (Å²) in [5.41, 5.74) is 1.98. The van der Waals surface area contributed by atoms with E-state index in [-0.39, 0.29) is 6.03 Å². The second-order valence-electron chi connectivity index (χ2n) is 5.58. The summed E-state index contributed by atoms with van der Waals surface area (Å²) in [5.74, 6) is 0.465. The number of aromatic nitrogens is 4. The summed E-state index contributed by atoms with van der Waals surface area (Å²) >= 11 is 3.41. The SMILES string of the molecule is O=C(Nc1ccc2ccccc2c1)Nc1ccc(Br)cc1-c1nnn[nH]1. The molecule has 0 unspecified atom stereocenters. The highest BCUT2D eigenvalue weighted by Crippen LogP contribution is 2.28. The van der Waals surface area contributed by atoms with E-state index in [1.807, 2.05) is 54.6 Å². The van der Waals surface area contributed by atoms with Crippen molar-refractivity contribution in [3.05, 3.63) is 65.1 Å². The van der Waals surface area contributed by atoms with Gasteiger partial charge >= 0.3 is 6.03 Å². The van der Waals surface area contributed by atoms with E-state index in [0.717, 1.165) is 15.2 Å². The van der Waals surface area contributed by atoms with Crippen molar-refractivity contribution in [3.8, 4) is 11.4 Å². The number of anilines is 2. The van der Waals surface area contributed by atoms with Crippen molar-refractivity contribution < 1.29 is 4.79 Å². The van der Waals surface area contributed by atoms with E-state index in [9.17, 15) is 4.79 Å². The molecule has 4 aromatic rings. The Hall–Kier alpha value is -3.26. The minimum Gasteiger partial charge on any atom is -0.308 e. The smallest absolute Gasteiger partial charge is 0.308 e. The van der Waals surface area contributed by atoms with Gasteiger partial charge in [0.15, 0.2) is 5.82 Å². The highest BCUT2D eigenvalue weighted by atomic mass is 79.9. The van der Waals surface area contributed by atoms with Crippen molar-refractivity contribution in [1.29, 1.82) is 0 Å². The normalized spacial score (nSPS) is 10.7. The molecular weight excluding hydrogens is 396 g/mol. The Morgan fingerprint density at radius 3 is 2.62 bits per heavy atom. The molecule has 3 aromatic carbocycles. The number of H-pyrrole nitrogens is 1. The van der Waals surface area contributed by atoms with Gasteiger partial charge in [0.05, 0.1) is 5.69 Å². The van der Waals surface area contributed by atoms with Gasteiger partial charge in [-0.1, -0.05) is 46.3 Å². The maximum atomic E-state index is 12.4. The summed E-state index contributed by atoms with van der Waals surface area (Å²) in [6.45, 7) is 0. The molecule has 128 valence electrons. The van der Waals surface area contributed by atoms with Crippen LogP contribution >= 0.6 is 15.9 Å². The number of hydrogen-bond donors (Lipinski definition) is 3. The topological polar surface area (TPSA) is 95.6 Å². The third-order valence-electron chi connectivity index (χ3n) is 3.84. The van der Waals surface area contributed by atoms with Gasteiger partial charge in [0.2, 0.25) is 0 Å². The minimum atomic E-state index is -0.351. The molecular formula is C18H13BrN6O. The summed E-state index contributed by atoms with van der Waals surface area (Å²) in [6, 6.07) is 18.8. The summed E-state index contributed by atoms with van der Waals surface area (Å²) in [6.07, 6.45) is 0. The first-order chi connectivity index (χ1) is 12.7. The molecule has 7 nitrogen and oxygen atoms in total. The van der Waals surface area contributed by atoms with Crippen LogP contribution in [-0.2, 0) is 0 Å². The first kappa shape index (κ1) is 16.2. The van der Waals surface area contributed by atoms with E-state index in [1.54, 1.807) is 6.07 Å². The van der Waals surface area contributed by atoms with Crippen molar-refractivity contribution in [2.75, 3.05) is 10.6 Å². The van der Waals surface area contributed by atoms with Crippen molar-refractivity contribution in [3.63, 3.8) is 0 Å². The largest absolute Gasteiger partial charge is 0.323 e. The fourth-order valence-electron chi connectivity index (χ4n) is 2.65. The van der Waals surface area contributed by atoms with Crippen molar-refractivity contribution in [1.82, 2.24) is 20.6 Å². The number of urea groups is 1. The second kappa shape index (κ2) is 6.93. The molecule has 8 heteroatoms. The van der Waals surface area contributed by atoms with Crippen LogP contribution in [0.1, 0.15) is 0 Å². The Labute approximate surface area is 156 Å². The third-order valence-corrected chi connectivity index (χ3v) is 4.33. The molecule has 0 radical (unpaired) electrons. The van der Waals surface area contributed by atoms with Crippen LogP contribution in [-0.4, -0.2) is 26.7 Å². The molecule has 0 saturated carbocycles. The number of carbonyl (C=O) groups is 1. The predicted molar refractivity (Wildman–Crippen MR) is 104 cm³/mol. The number of hydrogen-bond acceptors (Lipinski definition) is 4. The van der Waals surface area contributed by atoms with Crippen molar-refractivity contribution >= 4 is 44.1 Å². The standard InChI is InChI=1S/C18H13BrN6O/c19-13-6-8-16(15(10-13)17-22-24-25-23-17)21-18(26)20-14-7-5-11-3-1-2-4-12(11)9-14/h1-10H,(H2,20,21,26)(H,22,23,24,25). The first-order valence-electron chi connectivity index (χ1n) is 7.79. The predicted octanol–water partition coefficient (Wildman–Crippen LogP) is 4.43. The van der Waals surface area contributed by atoms with Crippen LogP contribution in [0.25, 0.3) is 22.2 Å². The van der Waals surface area contributed by atoms with E-state index >= 15 is 0 Å². The molecule has 3 N–H and O–H groups in total. The van der Waals surface area contributed by atoms with Crippen LogP contribution in [0.3, 0.4) is 0 Å².